The summed E-state index contributed by atoms with van der Waals surface area (Å²) in [4.78, 5) is 0. The third-order valence-electron chi connectivity index (χ3n) is 11.6. The van der Waals surface area contributed by atoms with Crippen molar-refractivity contribution in [3.63, 3.8) is 0 Å². The van der Waals surface area contributed by atoms with Gasteiger partial charge in [-0.15, -0.1) is 0 Å². The minimum Gasteiger partial charge on any atom is -0.309 e. The van der Waals surface area contributed by atoms with Crippen LogP contribution in [0, 0.1) is 0 Å². The zero-order chi connectivity index (χ0) is 32.5. The van der Waals surface area contributed by atoms with Crippen LogP contribution in [0.3, 0.4) is 0 Å². The zero-order valence-corrected chi connectivity index (χ0v) is 27.3. The predicted octanol–water partition coefficient (Wildman–Crippen LogP) is 12.7. The van der Waals surface area contributed by atoms with Crippen LogP contribution in [0.5, 0.6) is 0 Å². The van der Waals surface area contributed by atoms with Crippen molar-refractivity contribution in [3.05, 3.63) is 174 Å². The van der Waals surface area contributed by atoms with E-state index in [0.717, 1.165) is 6.42 Å². The number of allylic oxidation sites excluding steroid dienone is 1. The van der Waals surface area contributed by atoms with Gasteiger partial charge in [0.2, 0.25) is 0 Å². The topological polar surface area (TPSA) is 9.86 Å². The van der Waals surface area contributed by atoms with Gasteiger partial charge in [-0.2, -0.15) is 0 Å². The Kier molecular flexibility index (Phi) is 5.11. The van der Waals surface area contributed by atoms with Gasteiger partial charge in [-0.3, -0.25) is 0 Å². The van der Waals surface area contributed by atoms with Crippen molar-refractivity contribution >= 4 is 71.2 Å². The second-order valence-corrected chi connectivity index (χ2v) is 14.0. The van der Waals surface area contributed by atoms with E-state index in [1.807, 2.05) is 0 Å². The average molecular weight is 635 g/mol. The smallest absolute Gasteiger partial charge is 0.0641 e. The molecule has 0 spiro atoms. The van der Waals surface area contributed by atoms with Gasteiger partial charge < -0.3 is 9.13 Å². The van der Waals surface area contributed by atoms with Gasteiger partial charge in [-0.1, -0.05) is 127 Å². The molecular formula is C48H30N2. The lowest BCUT2D eigenvalue weighted by molar-refractivity contribution is 0.844. The largest absolute Gasteiger partial charge is 0.309 e. The summed E-state index contributed by atoms with van der Waals surface area (Å²) in [6.45, 7) is 0. The molecule has 1 unspecified atom stereocenters. The van der Waals surface area contributed by atoms with Crippen molar-refractivity contribution in [2.24, 2.45) is 0 Å². The van der Waals surface area contributed by atoms with E-state index in [0.29, 0.717) is 5.92 Å². The van der Waals surface area contributed by atoms with E-state index in [1.54, 1.807) is 0 Å². The molecule has 2 aliphatic rings. The van der Waals surface area contributed by atoms with E-state index in [9.17, 15) is 0 Å². The molecule has 0 radical (unpaired) electrons. The Balaban J connectivity index is 1.26. The van der Waals surface area contributed by atoms with Gasteiger partial charge in [0.05, 0.1) is 27.8 Å². The molecule has 1 atom stereocenters. The van der Waals surface area contributed by atoms with Gasteiger partial charge in [0, 0.05) is 38.5 Å². The van der Waals surface area contributed by atoms with Crippen LogP contribution < -0.4 is 0 Å². The van der Waals surface area contributed by atoms with Crippen LogP contribution >= 0.6 is 0 Å². The molecule has 2 heterocycles. The zero-order valence-electron chi connectivity index (χ0n) is 27.3. The van der Waals surface area contributed by atoms with E-state index < -0.39 is 0 Å². The van der Waals surface area contributed by atoms with E-state index in [2.05, 4.69) is 173 Å². The first-order valence-corrected chi connectivity index (χ1v) is 17.6. The summed E-state index contributed by atoms with van der Waals surface area (Å²) < 4.78 is 5.05. The van der Waals surface area contributed by atoms with Crippen LogP contribution in [0.15, 0.2) is 158 Å². The maximum Gasteiger partial charge on any atom is 0.0641 e. The lowest BCUT2D eigenvalue weighted by Gasteiger charge is -2.18. The number of para-hydroxylation sites is 1. The normalized spacial score (nSPS) is 14.8. The lowest BCUT2D eigenvalue weighted by atomic mass is 9.86. The molecule has 0 amide bonds. The Bertz CT molecular complexity index is 3130. The molecule has 2 aliphatic carbocycles. The summed E-state index contributed by atoms with van der Waals surface area (Å²) in [5.74, 6) is 0.433. The number of rotatable bonds is 2. The first-order valence-electron chi connectivity index (χ1n) is 17.6. The van der Waals surface area contributed by atoms with Crippen LogP contribution in [0.1, 0.15) is 29.0 Å². The molecule has 0 aliphatic heterocycles. The van der Waals surface area contributed by atoms with Crippen LogP contribution in [0.4, 0.5) is 0 Å². The highest BCUT2D eigenvalue weighted by molar-refractivity contribution is 6.30. The Morgan fingerprint density at radius 1 is 0.480 bits per heavy atom. The Morgan fingerprint density at radius 2 is 1.22 bits per heavy atom. The van der Waals surface area contributed by atoms with Crippen LogP contribution in [0.25, 0.3) is 93.7 Å². The molecule has 0 saturated carbocycles. The van der Waals surface area contributed by atoms with Gasteiger partial charge in [-0.05, 0) is 86.8 Å². The predicted molar refractivity (Wildman–Crippen MR) is 211 cm³/mol. The van der Waals surface area contributed by atoms with Gasteiger partial charge >= 0.3 is 0 Å². The van der Waals surface area contributed by atoms with Crippen molar-refractivity contribution in [1.29, 1.82) is 0 Å². The molecule has 0 N–H and O–H groups in total. The molecule has 2 aromatic heterocycles. The summed E-state index contributed by atoms with van der Waals surface area (Å²) in [6.07, 6.45) is 5.72. The second-order valence-electron chi connectivity index (χ2n) is 14.0. The number of benzene rings is 8. The van der Waals surface area contributed by atoms with Gasteiger partial charge in [0.15, 0.2) is 0 Å². The van der Waals surface area contributed by atoms with Crippen molar-refractivity contribution in [2.45, 2.75) is 12.3 Å². The molecule has 8 aromatic carbocycles. The maximum absolute atomic E-state index is 2.56. The molecule has 0 bridgehead atoms. The first-order chi connectivity index (χ1) is 24.8. The fraction of sp³-hybridized carbons (Fsp3) is 0.0417. The molecule has 232 valence electrons. The first kappa shape index (κ1) is 26.6. The highest BCUT2D eigenvalue weighted by atomic mass is 15.0. The molecule has 0 fully saturated rings. The van der Waals surface area contributed by atoms with Crippen molar-refractivity contribution in [1.82, 2.24) is 9.13 Å². The Morgan fingerprint density at radius 3 is 2.14 bits per heavy atom. The number of hydrogen-bond donors (Lipinski definition) is 0. The minimum absolute atomic E-state index is 0.433. The summed E-state index contributed by atoms with van der Waals surface area (Å²) in [6, 6.07) is 56.7. The van der Waals surface area contributed by atoms with Crippen molar-refractivity contribution < 1.29 is 0 Å². The molecular weight excluding hydrogens is 605 g/mol. The fourth-order valence-corrected chi connectivity index (χ4v) is 9.56. The number of aromatic nitrogens is 2. The fourth-order valence-electron chi connectivity index (χ4n) is 9.56. The van der Waals surface area contributed by atoms with Crippen LogP contribution in [0.2, 0.25) is 0 Å². The minimum atomic E-state index is 0.433. The maximum atomic E-state index is 2.56. The quantitative estimate of drug-likeness (QED) is 0.179. The van der Waals surface area contributed by atoms with Crippen LogP contribution in [-0.2, 0) is 0 Å². The van der Waals surface area contributed by atoms with Crippen molar-refractivity contribution in [3.8, 4) is 22.5 Å². The Labute approximate surface area is 288 Å². The third kappa shape index (κ3) is 3.33. The lowest BCUT2D eigenvalue weighted by Crippen LogP contribution is -2.01. The van der Waals surface area contributed by atoms with Gasteiger partial charge in [0.25, 0.3) is 0 Å². The molecule has 2 heteroatoms. The summed E-state index contributed by atoms with van der Waals surface area (Å²) >= 11 is 0. The van der Waals surface area contributed by atoms with E-state index in [1.165, 1.54) is 104 Å². The Hall–Kier alpha value is -6.38. The highest BCUT2D eigenvalue weighted by Crippen LogP contribution is 2.51. The van der Waals surface area contributed by atoms with Crippen LogP contribution in [-0.4, -0.2) is 9.13 Å². The van der Waals surface area contributed by atoms with Gasteiger partial charge in [0.1, 0.15) is 0 Å². The highest BCUT2D eigenvalue weighted by Gasteiger charge is 2.32. The average Bonchev–Trinajstić information content (AvgIpc) is 3.81. The second kappa shape index (κ2) is 9.62. The molecule has 12 rings (SSSR count). The molecule has 10 aromatic rings. The summed E-state index contributed by atoms with van der Waals surface area (Å²) in [7, 11) is 0. The summed E-state index contributed by atoms with van der Waals surface area (Å²) in [5, 5.41) is 10.2. The number of hydrogen-bond acceptors (Lipinski definition) is 0. The summed E-state index contributed by atoms with van der Waals surface area (Å²) in [5.41, 5.74) is 14.4. The molecule has 0 saturated heterocycles. The van der Waals surface area contributed by atoms with Gasteiger partial charge in [-0.25, -0.2) is 0 Å². The SMILES string of the molecule is C1=Cc2cccc3c2C(C1)c1ccc(-n2c4ccc5ccccc5c4c4ccc5c(c6ccccc6n5-c5cccc6ccccc56)c42)cc1-3. The van der Waals surface area contributed by atoms with E-state index in [-0.39, 0.29) is 0 Å². The molecule has 50 heavy (non-hydrogen) atoms. The monoisotopic (exact) mass is 634 g/mol. The number of fused-ring (bicyclic) bond motifs is 13. The molecule has 2 nitrogen and oxygen atoms in total. The van der Waals surface area contributed by atoms with E-state index >= 15 is 0 Å². The third-order valence-corrected chi connectivity index (χ3v) is 11.6. The van der Waals surface area contributed by atoms with Crippen molar-refractivity contribution in [2.75, 3.05) is 0 Å². The standard InChI is InChI=1S/C48H30N2/c1-3-15-33-29(10-1)12-9-21-41(33)50-42-20-6-5-17-38(42)47-44(50)27-25-39-46-34-16-4-2-11-30(34)22-26-43(46)49(48(39)47)32-23-24-35-36-18-7-13-31-14-8-19-37(45(31)36)40(35)28-32/h1-17,19-28,36H,18H2. The van der Waals surface area contributed by atoms with E-state index in [4.69, 9.17) is 0 Å². The number of nitrogens with zero attached hydrogens (tertiary/aromatic N) is 2.